The first-order valence-corrected chi connectivity index (χ1v) is 25.0. The second-order valence-corrected chi connectivity index (χ2v) is 17.2. The topological polar surface area (TPSA) is 149 Å². The molecule has 1 aliphatic rings. The molecular formula is C52H93NO8. The van der Waals surface area contributed by atoms with E-state index >= 15 is 0 Å². The number of carbonyl (C=O) groups is 1. The number of ether oxygens (including phenoxy) is 2. The van der Waals surface area contributed by atoms with Crippen molar-refractivity contribution in [3.8, 4) is 0 Å². The van der Waals surface area contributed by atoms with Crippen molar-refractivity contribution < 1.29 is 39.8 Å². The van der Waals surface area contributed by atoms with E-state index in [2.05, 4.69) is 54.8 Å². The Bertz CT molecular complexity index is 1140. The van der Waals surface area contributed by atoms with E-state index < -0.39 is 49.5 Å². The lowest BCUT2D eigenvalue weighted by Gasteiger charge is -2.40. The molecule has 0 saturated carbocycles. The lowest BCUT2D eigenvalue weighted by atomic mass is 9.99. The van der Waals surface area contributed by atoms with Crippen LogP contribution in [0.3, 0.4) is 0 Å². The third-order valence-electron chi connectivity index (χ3n) is 11.6. The Kier molecular flexibility index (Phi) is 39.1. The van der Waals surface area contributed by atoms with Gasteiger partial charge in [-0.25, -0.2) is 0 Å². The molecule has 1 saturated heterocycles. The van der Waals surface area contributed by atoms with Gasteiger partial charge in [0.15, 0.2) is 6.29 Å². The van der Waals surface area contributed by atoms with E-state index in [0.717, 1.165) is 51.4 Å². The summed E-state index contributed by atoms with van der Waals surface area (Å²) in [5, 5.41) is 54.0. The largest absolute Gasteiger partial charge is 0.394 e. The lowest BCUT2D eigenvalue weighted by Crippen LogP contribution is -2.60. The number of aliphatic hydroxyl groups is 5. The van der Waals surface area contributed by atoms with Gasteiger partial charge in [0.2, 0.25) is 5.91 Å². The Balaban J connectivity index is 2.16. The summed E-state index contributed by atoms with van der Waals surface area (Å²) in [6.45, 7) is 3.51. The van der Waals surface area contributed by atoms with Crippen molar-refractivity contribution in [3.05, 3.63) is 60.8 Å². The number of nitrogens with one attached hydrogen (secondary N) is 1. The Morgan fingerprint density at radius 1 is 0.590 bits per heavy atom. The van der Waals surface area contributed by atoms with Crippen molar-refractivity contribution in [2.45, 2.75) is 249 Å². The van der Waals surface area contributed by atoms with Gasteiger partial charge in [0, 0.05) is 6.42 Å². The van der Waals surface area contributed by atoms with E-state index in [0.29, 0.717) is 6.42 Å². The van der Waals surface area contributed by atoms with Crippen LogP contribution in [0.25, 0.3) is 0 Å². The fourth-order valence-electron chi connectivity index (χ4n) is 7.64. The molecule has 1 aliphatic heterocycles. The van der Waals surface area contributed by atoms with Crippen LogP contribution in [0, 0.1) is 0 Å². The Morgan fingerprint density at radius 2 is 1.05 bits per heavy atom. The molecule has 1 amide bonds. The van der Waals surface area contributed by atoms with Gasteiger partial charge in [0.25, 0.3) is 0 Å². The van der Waals surface area contributed by atoms with Crippen LogP contribution in [0.5, 0.6) is 0 Å². The number of allylic oxidation sites excluding steroid dienone is 9. The molecule has 9 nitrogen and oxygen atoms in total. The van der Waals surface area contributed by atoms with Crippen LogP contribution in [-0.4, -0.2) is 87.5 Å². The maximum atomic E-state index is 12.9. The molecule has 0 aromatic carbocycles. The molecule has 6 N–H and O–H groups in total. The summed E-state index contributed by atoms with van der Waals surface area (Å²) < 4.78 is 11.2. The summed E-state index contributed by atoms with van der Waals surface area (Å²) in [5.41, 5.74) is 0. The molecular weight excluding hydrogens is 767 g/mol. The van der Waals surface area contributed by atoms with Crippen LogP contribution in [0.1, 0.15) is 206 Å². The van der Waals surface area contributed by atoms with E-state index in [1.807, 2.05) is 19.1 Å². The van der Waals surface area contributed by atoms with E-state index in [-0.39, 0.29) is 12.5 Å². The summed E-state index contributed by atoms with van der Waals surface area (Å²) in [6.07, 6.45) is 48.9. The molecule has 1 rings (SSSR count). The number of rotatable bonds is 41. The molecule has 0 bridgehead atoms. The van der Waals surface area contributed by atoms with Crippen LogP contribution in [0.15, 0.2) is 60.8 Å². The predicted molar refractivity (Wildman–Crippen MR) is 253 cm³/mol. The van der Waals surface area contributed by atoms with Gasteiger partial charge in [-0.1, -0.05) is 190 Å². The summed E-state index contributed by atoms with van der Waals surface area (Å²) in [6, 6.07) is -0.828. The van der Waals surface area contributed by atoms with Crippen molar-refractivity contribution in [1.82, 2.24) is 5.32 Å². The normalized spacial score (nSPS) is 20.9. The van der Waals surface area contributed by atoms with Gasteiger partial charge < -0.3 is 40.3 Å². The quantitative estimate of drug-likeness (QED) is 0.0263. The highest BCUT2D eigenvalue weighted by atomic mass is 16.7. The molecule has 1 fully saturated rings. The average molecular weight is 860 g/mol. The SMILES string of the molecule is C/C=C/CC/C=C/CC/C=C/C(O)C(COC1OC(CO)C(O)C(O)C1O)NC(=O)CCCCCCCCCCCCCCC/C=C\C/C=C\CCCCCCCCCCC. The number of carbonyl (C=O) groups excluding carboxylic acids is 1. The molecule has 0 radical (unpaired) electrons. The zero-order valence-electron chi connectivity index (χ0n) is 38.9. The Morgan fingerprint density at radius 3 is 1.56 bits per heavy atom. The molecule has 0 aliphatic carbocycles. The maximum Gasteiger partial charge on any atom is 0.220 e. The summed E-state index contributed by atoms with van der Waals surface area (Å²) in [5.74, 6) is -0.196. The molecule has 1 heterocycles. The second kappa shape index (κ2) is 41.9. The van der Waals surface area contributed by atoms with Gasteiger partial charge in [-0.3, -0.25) is 4.79 Å². The van der Waals surface area contributed by atoms with Crippen LogP contribution >= 0.6 is 0 Å². The fourth-order valence-corrected chi connectivity index (χ4v) is 7.64. The van der Waals surface area contributed by atoms with E-state index in [1.165, 1.54) is 135 Å². The zero-order chi connectivity index (χ0) is 44.4. The van der Waals surface area contributed by atoms with Crippen LogP contribution in [0.2, 0.25) is 0 Å². The summed E-state index contributed by atoms with van der Waals surface area (Å²) in [7, 11) is 0. The van der Waals surface area contributed by atoms with Gasteiger partial charge in [0.1, 0.15) is 24.4 Å². The number of hydrogen-bond donors (Lipinski definition) is 6. The first-order valence-electron chi connectivity index (χ1n) is 25.0. The van der Waals surface area contributed by atoms with Gasteiger partial charge in [0.05, 0.1) is 25.4 Å². The zero-order valence-corrected chi connectivity index (χ0v) is 38.9. The number of aliphatic hydroxyl groups excluding tert-OH is 5. The Labute approximate surface area is 373 Å². The van der Waals surface area contributed by atoms with Gasteiger partial charge >= 0.3 is 0 Å². The first-order chi connectivity index (χ1) is 29.8. The fraction of sp³-hybridized carbons (Fsp3) is 0.788. The number of hydrogen-bond acceptors (Lipinski definition) is 8. The van der Waals surface area contributed by atoms with Crippen molar-refractivity contribution >= 4 is 5.91 Å². The summed E-state index contributed by atoms with van der Waals surface area (Å²) >= 11 is 0. The standard InChI is InChI=1S/C52H93NO8/c1-3-5-7-9-11-13-14-15-16-17-18-19-20-21-22-23-24-25-26-27-28-29-30-31-32-34-36-38-40-42-48(56)53-45(46(55)41-39-37-35-33-12-10-8-6-4-2)44-60-52-51(59)50(58)49(57)47(43-54)61-52/h4,6,12,18-19,21-22,33,39,41,45-47,49-52,54-55,57-59H,3,5,7-11,13-17,20,23-32,34-38,40,42-44H2,1-2H3,(H,53,56)/b6-4+,19-18-,22-21-,33-12+,41-39+. The van der Waals surface area contributed by atoms with Crippen LogP contribution < -0.4 is 5.32 Å². The number of unbranched alkanes of at least 4 members (excludes halogenated alkanes) is 24. The number of amides is 1. The van der Waals surface area contributed by atoms with Crippen LogP contribution in [0.4, 0.5) is 0 Å². The smallest absolute Gasteiger partial charge is 0.220 e. The maximum absolute atomic E-state index is 12.9. The average Bonchev–Trinajstić information content (AvgIpc) is 3.26. The third kappa shape index (κ3) is 32.2. The minimum absolute atomic E-state index is 0.196. The lowest BCUT2D eigenvalue weighted by molar-refractivity contribution is -0.302. The molecule has 9 heteroatoms. The first kappa shape index (κ1) is 56.9. The molecule has 7 atom stereocenters. The molecule has 354 valence electrons. The van der Waals surface area contributed by atoms with Crippen molar-refractivity contribution in [2.24, 2.45) is 0 Å². The summed E-state index contributed by atoms with van der Waals surface area (Å²) in [4.78, 5) is 12.9. The Hall–Kier alpha value is -2.11. The highest BCUT2D eigenvalue weighted by Crippen LogP contribution is 2.22. The highest BCUT2D eigenvalue weighted by molar-refractivity contribution is 5.76. The van der Waals surface area contributed by atoms with Crippen molar-refractivity contribution in [2.75, 3.05) is 13.2 Å². The predicted octanol–water partition coefficient (Wildman–Crippen LogP) is 11.2. The van der Waals surface area contributed by atoms with Crippen molar-refractivity contribution in [1.29, 1.82) is 0 Å². The molecule has 0 aromatic heterocycles. The van der Waals surface area contributed by atoms with E-state index in [4.69, 9.17) is 9.47 Å². The third-order valence-corrected chi connectivity index (χ3v) is 11.6. The minimum atomic E-state index is -1.57. The van der Waals surface area contributed by atoms with Gasteiger partial charge in [-0.2, -0.15) is 0 Å². The highest BCUT2D eigenvalue weighted by Gasteiger charge is 2.44. The van der Waals surface area contributed by atoms with Gasteiger partial charge in [-0.15, -0.1) is 0 Å². The monoisotopic (exact) mass is 860 g/mol. The van der Waals surface area contributed by atoms with E-state index in [1.54, 1.807) is 6.08 Å². The molecule has 7 unspecified atom stereocenters. The molecule has 61 heavy (non-hydrogen) atoms. The molecule has 0 spiro atoms. The van der Waals surface area contributed by atoms with E-state index in [9.17, 15) is 30.3 Å². The molecule has 0 aromatic rings. The van der Waals surface area contributed by atoms with Gasteiger partial charge in [-0.05, 0) is 71.1 Å². The van der Waals surface area contributed by atoms with Crippen LogP contribution in [-0.2, 0) is 14.3 Å². The minimum Gasteiger partial charge on any atom is -0.394 e. The van der Waals surface area contributed by atoms with Crippen molar-refractivity contribution in [3.63, 3.8) is 0 Å². The second-order valence-electron chi connectivity index (χ2n) is 17.2.